The number of hydrogen-bond donors (Lipinski definition) is 2. The summed E-state index contributed by atoms with van der Waals surface area (Å²) in [5, 5.41) is 8.89. The van der Waals surface area contributed by atoms with Crippen molar-refractivity contribution in [3.05, 3.63) is 47.5 Å². The van der Waals surface area contributed by atoms with E-state index in [4.69, 9.17) is 19.3 Å². The number of nitrogens with zero attached hydrogens (tertiary/aromatic N) is 1. The number of ether oxygens (including phenoxy) is 3. The van der Waals surface area contributed by atoms with Gasteiger partial charge in [-0.05, 0) is 42.0 Å². The highest BCUT2D eigenvalue weighted by atomic mass is 32.2. The Balaban J connectivity index is 2.14. The molecule has 2 aromatic rings. The van der Waals surface area contributed by atoms with E-state index in [0.717, 1.165) is 30.4 Å². The van der Waals surface area contributed by atoms with Crippen LogP contribution >= 0.6 is 0 Å². The summed E-state index contributed by atoms with van der Waals surface area (Å²) in [6, 6.07) is 5.30. The summed E-state index contributed by atoms with van der Waals surface area (Å²) < 4.78 is 85.0. The van der Waals surface area contributed by atoms with E-state index < -0.39 is 32.6 Å². The third-order valence-electron chi connectivity index (χ3n) is 5.09. The number of halogens is 3. The lowest BCUT2D eigenvalue weighted by Gasteiger charge is -2.31. The van der Waals surface area contributed by atoms with Gasteiger partial charge in [0.1, 0.15) is 4.90 Å². The van der Waals surface area contributed by atoms with Gasteiger partial charge in [-0.1, -0.05) is 0 Å². The molecule has 0 unspecified atom stereocenters. The lowest BCUT2D eigenvalue weighted by Crippen LogP contribution is -2.36. The van der Waals surface area contributed by atoms with Gasteiger partial charge in [0.25, 0.3) is 10.0 Å². The maximum Gasteiger partial charge on any atom is 0.416 e. The van der Waals surface area contributed by atoms with Crippen LogP contribution in [0.4, 0.5) is 24.5 Å². The minimum absolute atomic E-state index is 0.0159. The topological polar surface area (TPSA) is 114 Å². The Morgan fingerprint density at radius 1 is 1.14 bits per heavy atom. The largest absolute Gasteiger partial charge is 0.493 e. The van der Waals surface area contributed by atoms with Crippen LogP contribution in [0, 0.1) is 0 Å². The molecule has 0 aromatic heterocycles. The standard InChI is InChI=1S/C22H23F3N2O7S/c1-32-18-11-14(3-6-20(28)29)12-19(21(18)33-2)35(30,31)26-16-13-15(22(23,24)25)4-5-17(16)27-7-9-34-10-8-27/h3-6,11-13,26H,7-10H2,1-2H3,(H,28,29). The molecule has 1 fully saturated rings. The van der Waals surface area contributed by atoms with E-state index >= 15 is 0 Å². The zero-order chi connectivity index (χ0) is 25.8. The highest BCUT2D eigenvalue weighted by Crippen LogP contribution is 2.40. The number of rotatable bonds is 8. The number of sulfonamides is 1. The average molecular weight is 516 g/mol. The number of morpholine rings is 1. The number of carbonyl (C=O) groups is 1. The molecule has 1 aliphatic heterocycles. The summed E-state index contributed by atoms with van der Waals surface area (Å²) in [6.07, 6.45) is -2.76. The van der Waals surface area contributed by atoms with E-state index in [1.165, 1.54) is 26.4 Å². The Morgan fingerprint density at radius 3 is 2.40 bits per heavy atom. The van der Waals surface area contributed by atoms with E-state index in [9.17, 15) is 26.4 Å². The number of anilines is 2. The van der Waals surface area contributed by atoms with Gasteiger partial charge in [-0.3, -0.25) is 4.72 Å². The molecule has 2 aromatic carbocycles. The minimum Gasteiger partial charge on any atom is -0.493 e. The number of hydrogen-bond acceptors (Lipinski definition) is 7. The second-order valence-electron chi connectivity index (χ2n) is 7.36. The number of alkyl halides is 3. The summed E-state index contributed by atoms with van der Waals surface area (Å²) in [5.41, 5.74) is -0.912. The van der Waals surface area contributed by atoms with Crippen molar-refractivity contribution in [1.29, 1.82) is 0 Å². The van der Waals surface area contributed by atoms with Crippen molar-refractivity contribution in [3.8, 4) is 11.5 Å². The summed E-state index contributed by atoms with van der Waals surface area (Å²) >= 11 is 0. The van der Waals surface area contributed by atoms with E-state index in [1.54, 1.807) is 4.90 Å². The Morgan fingerprint density at radius 2 is 1.83 bits per heavy atom. The van der Waals surface area contributed by atoms with Crippen LogP contribution in [0.1, 0.15) is 11.1 Å². The molecule has 0 amide bonds. The molecule has 0 atom stereocenters. The summed E-state index contributed by atoms with van der Waals surface area (Å²) in [4.78, 5) is 12.2. The predicted molar refractivity (Wildman–Crippen MR) is 122 cm³/mol. The smallest absolute Gasteiger partial charge is 0.416 e. The first-order valence-corrected chi connectivity index (χ1v) is 11.7. The van der Waals surface area contributed by atoms with Crippen molar-refractivity contribution >= 4 is 33.4 Å². The first-order chi connectivity index (χ1) is 16.5. The van der Waals surface area contributed by atoms with Crippen molar-refractivity contribution in [3.63, 3.8) is 0 Å². The fraction of sp³-hybridized carbons (Fsp3) is 0.318. The van der Waals surface area contributed by atoms with Gasteiger partial charge >= 0.3 is 12.1 Å². The number of carboxylic acids is 1. The summed E-state index contributed by atoms with van der Waals surface area (Å²) in [7, 11) is -2.07. The van der Waals surface area contributed by atoms with Gasteiger partial charge in [0, 0.05) is 19.2 Å². The maximum atomic E-state index is 13.4. The first kappa shape index (κ1) is 26.2. The third kappa shape index (κ3) is 6.17. The highest BCUT2D eigenvalue weighted by Gasteiger charge is 2.33. The molecule has 35 heavy (non-hydrogen) atoms. The van der Waals surface area contributed by atoms with Gasteiger partial charge in [-0.15, -0.1) is 0 Å². The molecule has 2 N–H and O–H groups in total. The van der Waals surface area contributed by atoms with Crippen LogP contribution in [0.25, 0.3) is 6.08 Å². The number of carboxylic acid groups (broad SMARTS) is 1. The average Bonchev–Trinajstić information content (AvgIpc) is 2.81. The van der Waals surface area contributed by atoms with Gasteiger partial charge < -0.3 is 24.2 Å². The quantitative estimate of drug-likeness (QED) is 0.513. The van der Waals surface area contributed by atoms with Crippen molar-refractivity contribution in [1.82, 2.24) is 0 Å². The van der Waals surface area contributed by atoms with Gasteiger partial charge in [0.15, 0.2) is 11.5 Å². The third-order valence-corrected chi connectivity index (χ3v) is 6.47. The van der Waals surface area contributed by atoms with Gasteiger partial charge in [-0.2, -0.15) is 13.2 Å². The Labute approximate surface area is 199 Å². The molecule has 1 saturated heterocycles. The molecular formula is C22H23F3N2O7S. The Bertz CT molecular complexity index is 1220. The molecule has 1 heterocycles. The second-order valence-corrected chi connectivity index (χ2v) is 9.01. The molecule has 0 bridgehead atoms. The second kappa shape index (κ2) is 10.4. The number of benzene rings is 2. The molecule has 0 aliphatic carbocycles. The molecule has 190 valence electrons. The summed E-state index contributed by atoms with van der Waals surface area (Å²) in [5.74, 6) is -1.48. The number of nitrogens with one attached hydrogen (secondary N) is 1. The fourth-order valence-electron chi connectivity index (χ4n) is 3.49. The Hall–Kier alpha value is -3.45. The van der Waals surface area contributed by atoms with E-state index in [2.05, 4.69) is 4.72 Å². The van der Waals surface area contributed by atoms with Crippen LogP contribution in [0.15, 0.2) is 41.3 Å². The van der Waals surface area contributed by atoms with E-state index in [-0.39, 0.29) is 28.4 Å². The molecule has 3 rings (SSSR count). The van der Waals surface area contributed by atoms with Crippen LogP contribution < -0.4 is 19.1 Å². The van der Waals surface area contributed by atoms with E-state index in [1.807, 2.05) is 0 Å². The zero-order valence-electron chi connectivity index (χ0n) is 18.8. The monoisotopic (exact) mass is 516 g/mol. The molecule has 0 saturated carbocycles. The van der Waals surface area contributed by atoms with Gasteiger partial charge in [0.05, 0.1) is 44.4 Å². The van der Waals surface area contributed by atoms with Crippen LogP contribution in [-0.2, 0) is 25.7 Å². The molecule has 13 heteroatoms. The van der Waals surface area contributed by atoms with Crippen molar-refractivity contribution in [2.45, 2.75) is 11.1 Å². The van der Waals surface area contributed by atoms with E-state index in [0.29, 0.717) is 26.3 Å². The van der Waals surface area contributed by atoms with Gasteiger partial charge in [0.2, 0.25) is 0 Å². The molecular weight excluding hydrogens is 493 g/mol. The van der Waals surface area contributed by atoms with Crippen LogP contribution in [0.2, 0.25) is 0 Å². The normalized spacial score (nSPS) is 14.7. The first-order valence-electron chi connectivity index (χ1n) is 10.2. The molecule has 9 nitrogen and oxygen atoms in total. The lowest BCUT2D eigenvalue weighted by atomic mass is 10.1. The van der Waals surface area contributed by atoms with Crippen LogP contribution in [0.5, 0.6) is 11.5 Å². The van der Waals surface area contributed by atoms with Crippen molar-refractivity contribution < 1.29 is 45.7 Å². The zero-order valence-corrected chi connectivity index (χ0v) is 19.6. The lowest BCUT2D eigenvalue weighted by molar-refractivity contribution is -0.137. The fourth-order valence-corrected chi connectivity index (χ4v) is 4.77. The predicted octanol–water partition coefficient (Wildman–Crippen LogP) is 3.46. The van der Waals surface area contributed by atoms with Crippen LogP contribution in [0.3, 0.4) is 0 Å². The summed E-state index contributed by atoms with van der Waals surface area (Å²) in [6.45, 7) is 1.37. The minimum atomic E-state index is -4.70. The Kier molecular flexibility index (Phi) is 7.80. The number of methoxy groups -OCH3 is 2. The number of aliphatic carboxylic acids is 1. The van der Waals surface area contributed by atoms with Crippen molar-refractivity contribution in [2.75, 3.05) is 50.1 Å². The van der Waals surface area contributed by atoms with Gasteiger partial charge in [-0.25, -0.2) is 13.2 Å². The molecule has 1 aliphatic rings. The highest BCUT2D eigenvalue weighted by molar-refractivity contribution is 7.92. The molecule has 0 spiro atoms. The van der Waals surface area contributed by atoms with Crippen molar-refractivity contribution in [2.24, 2.45) is 0 Å². The molecule has 0 radical (unpaired) electrons. The maximum absolute atomic E-state index is 13.4. The van der Waals surface area contributed by atoms with Crippen LogP contribution in [-0.4, -0.2) is 60.0 Å². The SMILES string of the molecule is COc1cc(C=CC(=O)O)cc(S(=O)(=O)Nc2cc(C(F)(F)F)ccc2N2CCOCC2)c1OC.